The average molecular weight is 581 g/mol. The van der Waals surface area contributed by atoms with Gasteiger partial charge in [-0.3, -0.25) is 10.2 Å². The first-order valence-electron chi connectivity index (χ1n) is 11.5. The van der Waals surface area contributed by atoms with Crippen LogP contribution in [0.4, 0.5) is 36.4 Å². The number of hydrazone groups is 1. The summed E-state index contributed by atoms with van der Waals surface area (Å²) in [6, 6.07) is 9.40. The molecular weight excluding hydrogens is 559 g/mol. The van der Waals surface area contributed by atoms with Crippen LogP contribution in [0.1, 0.15) is 29.2 Å². The van der Waals surface area contributed by atoms with E-state index in [4.69, 9.17) is 0 Å². The second kappa shape index (κ2) is 12.9. The number of anilines is 1. The molecule has 15 heteroatoms. The molecule has 1 heterocycles. The van der Waals surface area contributed by atoms with Gasteiger partial charge in [0, 0.05) is 18.0 Å². The van der Waals surface area contributed by atoms with E-state index in [0.29, 0.717) is 23.3 Å². The highest BCUT2D eigenvalue weighted by Crippen LogP contribution is 2.33. The van der Waals surface area contributed by atoms with Gasteiger partial charge in [0.1, 0.15) is 17.5 Å². The van der Waals surface area contributed by atoms with Crippen molar-refractivity contribution >= 4 is 23.7 Å². The number of amidine groups is 1. The molecule has 3 aromatic rings. The van der Waals surface area contributed by atoms with Crippen LogP contribution in [0.15, 0.2) is 93.1 Å². The quantitative estimate of drug-likeness (QED) is 0.126. The molecule has 2 aromatic carbocycles. The molecule has 0 amide bonds. The lowest BCUT2D eigenvalue weighted by Crippen LogP contribution is -2.28. The van der Waals surface area contributed by atoms with Gasteiger partial charge >= 0.3 is 12.4 Å². The van der Waals surface area contributed by atoms with Crippen molar-refractivity contribution in [1.82, 2.24) is 15.7 Å². The number of hydrogen-bond donors (Lipinski definition) is 4. The topological polar surface area (TPSA) is 106 Å². The molecule has 0 radical (unpaired) electrons. The number of aliphatic imine (C=N–C) groups is 2. The number of halogens is 7. The Hall–Kier alpha value is -4.95. The monoisotopic (exact) mass is 581 g/mol. The minimum Gasteiger partial charge on any atom is -0.342 e. The predicted octanol–water partition coefficient (Wildman–Crippen LogP) is 5.62. The maximum atomic E-state index is 13.6. The second-order valence-corrected chi connectivity index (χ2v) is 8.31. The summed E-state index contributed by atoms with van der Waals surface area (Å²) in [7, 11) is 0. The number of nitrogens with one attached hydrogen (secondary N) is 4. The molecule has 8 nitrogen and oxygen atoms in total. The lowest BCUT2D eigenvalue weighted by molar-refractivity contribution is -0.140. The molecule has 0 aliphatic rings. The van der Waals surface area contributed by atoms with Gasteiger partial charge in [-0.15, -0.1) is 0 Å². The molecular formula is C26H22F7N7O. The Morgan fingerprint density at radius 1 is 1.00 bits per heavy atom. The number of guanidine groups is 1. The van der Waals surface area contributed by atoms with E-state index >= 15 is 0 Å². The lowest BCUT2D eigenvalue weighted by Gasteiger charge is -2.14. The predicted molar refractivity (Wildman–Crippen MR) is 141 cm³/mol. The third-order valence-corrected chi connectivity index (χ3v) is 5.04. The van der Waals surface area contributed by atoms with Crippen molar-refractivity contribution < 1.29 is 30.7 Å². The van der Waals surface area contributed by atoms with E-state index in [1.54, 1.807) is 0 Å². The molecule has 0 unspecified atom stereocenters. The third kappa shape index (κ3) is 9.63. The van der Waals surface area contributed by atoms with Crippen molar-refractivity contribution in [2.24, 2.45) is 15.1 Å². The summed E-state index contributed by atoms with van der Waals surface area (Å²) in [5.41, 5.74) is 0.834. The second-order valence-electron chi connectivity index (χ2n) is 8.31. The summed E-state index contributed by atoms with van der Waals surface area (Å²) in [5.74, 6) is -1.42. The summed E-state index contributed by atoms with van der Waals surface area (Å²) in [6.07, 6.45) is -6.69. The number of alkyl halides is 6. The SMILES string of the molecule is C=C(NC(=NCc1ccc(=O)[nH]c1)/N=C(\C)N/N=C/c1ccc(C(F)(F)F)cc1)Nc1ccc(F)c(C(F)(F)F)c1. The number of aromatic amines is 1. The molecule has 41 heavy (non-hydrogen) atoms. The van der Waals surface area contributed by atoms with E-state index in [0.717, 1.165) is 18.2 Å². The summed E-state index contributed by atoms with van der Waals surface area (Å²) >= 11 is 0. The van der Waals surface area contributed by atoms with Gasteiger partial charge in [0.2, 0.25) is 11.5 Å². The smallest absolute Gasteiger partial charge is 0.342 e. The molecule has 3 rings (SSSR count). The largest absolute Gasteiger partial charge is 0.419 e. The highest BCUT2D eigenvalue weighted by Gasteiger charge is 2.34. The van der Waals surface area contributed by atoms with E-state index in [9.17, 15) is 35.5 Å². The van der Waals surface area contributed by atoms with Gasteiger partial charge in [0.25, 0.3) is 0 Å². The molecule has 216 valence electrons. The fraction of sp³-hybridized carbons (Fsp3) is 0.154. The van der Waals surface area contributed by atoms with Crippen LogP contribution in [0.25, 0.3) is 0 Å². The third-order valence-electron chi connectivity index (χ3n) is 5.04. The molecule has 1 aromatic heterocycles. The number of H-pyrrole nitrogens is 1. The Labute approximate surface area is 228 Å². The van der Waals surface area contributed by atoms with Crippen molar-refractivity contribution in [2.45, 2.75) is 25.8 Å². The van der Waals surface area contributed by atoms with Crippen LogP contribution in [0.3, 0.4) is 0 Å². The average Bonchev–Trinajstić information content (AvgIpc) is 2.88. The fourth-order valence-corrected chi connectivity index (χ4v) is 3.11. The van der Waals surface area contributed by atoms with Gasteiger partial charge in [-0.1, -0.05) is 24.8 Å². The van der Waals surface area contributed by atoms with Gasteiger partial charge in [0.15, 0.2) is 0 Å². The highest BCUT2D eigenvalue weighted by atomic mass is 19.4. The number of pyridine rings is 1. The lowest BCUT2D eigenvalue weighted by atomic mass is 10.1. The highest BCUT2D eigenvalue weighted by molar-refractivity contribution is 5.96. The first-order valence-corrected chi connectivity index (χ1v) is 11.5. The van der Waals surface area contributed by atoms with E-state index in [-0.39, 0.29) is 35.4 Å². The van der Waals surface area contributed by atoms with Crippen LogP contribution >= 0.6 is 0 Å². The Bertz CT molecular complexity index is 1500. The van der Waals surface area contributed by atoms with E-state index in [1.807, 2.05) is 0 Å². The summed E-state index contributed by atoms with van der Waals surface area (Å²) in [5, 5.41) is 9.17. The first kappa shape index (κ1) is 30.6. The molecule has 0 saturated carbocycles. The maximum Gasteiger partial charge on any atom is 0.419 e. The summed E-state index contributed by atoms with van der Waals surface area (Å²) in [6.45, 7) is 5.19. The molecule has 0 saturated heterocycles. The van der Waals surface area contributed by atoms with E-state index < -0.39 is 29.3 Å². The van der Waals surface area contributed by atoms with Gasteiger partial charge in [-0.05, 0) is 48.4 Å². The van der Waals surface area contributed by atoms with Gasteiger partial charge in [-0.2, -0.15) is 36.4 Å². The Balaban J connectivity index is 1.75. The zero-order valence-corrected chi connectivity index (χ0v) is 21.2. The van der Waals surface area contributed by atoms with Crippen molar-refractivity contribution in [3.8, 4) is 0 Å². The van der Waals surface area contributed by atoms with Crippen LogP contribution in [0.5, 0.6) is 0 Å². The molecule has 0 fully saturated rings. The van der Waals surface area contributed by atoms with Crippen LogP contribution < -0.4 is 21.6 Å². The molecule has 4 N–H and O–H groups in total. The molecule has 0 spiro atoms. The van der Waals surface area contributed by atoms with Crippen molar-refractivity contribution in [3.05, 3.63) is 112 Å². The summed E-state index contributed by atoms with van der Waals surface area (Å²) < 4.78 is 90.9. The molecule has 0 aliphatic heterocycles. The number of nitrogens with zero attached hydrogens (tertiary/aromatic N) is 3. The number of benzene rings is 2. The van der Waals surface area contributed by atoms with Gasteiger partial charge in [0.05, 0.1) is 23.9 Å². The van der Waals surface area contributed by atoms with Gasteiger partial charge < -0.3 is 15.6 Å². The van der Waals surface area contributed by atoms with Gasteiger partial charge in [-0.25, -0.2) is 9.38 Å². The zero-order valence-electron chi connectivity index (χ0n) is 21.2. The van der Waals surface area contributed by atoms with Crippen LogP contribution in [0.2, 0.25) is 0 Å². The Morgan fingerprint density at radius 2 is 1.71 bits per heavy atom. The fourth-order valence-electron chi connectivity index (χ4n) is 3.11. The van der Waals surface area contributed by atoms with Crippen LogP contribution in [0, 0.1) is 5.82 Å². The number of rotatable bonds is 7. The standard InChI is InChI=1S/C26H22F7N7O/c1-15(37-20-8-9-22(27)21(11-20)26(31,32)33)38-24(35-13-18-5-10-23(41)34-12-18)39-16(2)40-36-14-17-3-6-19(7-4-17)25(28,29)30/h3-12,14,37H,1,13H2,2H3,(H,34,41)(H2,35,38,39,40)/b36-14+. The molecule has 0 atom stereocenters. The first-order chi connectivity index (χ1) is 19.2. The van der Waals surface area contributed by atoms with Crippen molar-refractivity contribution in [3.63, 3.8) is 0 Å². The van der Waals surface area contributed by atoms with Crippen molar-refractivity contribution in [2.75, 3.05) is 5.32 Å². The Kier molecular flexibility index (Phi) is 9.65. The zero-order chi connectivity index (χ0) is 30.2. The number of hydrogen-bond acceptors (Lipinski definition) is 4. The van der Waals surface area contributed by atoms with E-state index in [1.165, 1.54) is 43.6 Å². The minimum absolute atomic E-state index is 0.0206. The number of aromatic nitrogens is 1. The van der Waals surface area contributed by atoms with Crippen molar-refractivity contribution in [1.29, 1.82) is 0 Å². The maximum absolute atomic E-state index is 13.6. The molecule has 0 bridgehead atoms. The van der Waals surface area contributed by atoms with Crippen LogP contribution in [-0.4, -0.2) is 23.0 Å². The minimum atomic E-state index is -4.91. The normalized spacial score (nSPS) is 12.9. The molecule has 0 aliphatic carbocycles. The van der Waals surface area contributed by atoms with Crippen LogP contribution in [-0.2, 0) is 18.9 Å². The Morgan fingerprint density at radius 3 is 2.32 bits per heavy atom. The van der Waals surface area contributed by atoms with E-state index in [2.05, 4.69) is 42.7 Å². The summed E-state index contributed by atoms with van der Waals surface area (Å²) in [4.78, 5) is 22.3.